The highest BCUT2D eigenvalue weighted by Gasteiger charge is 2.25. The van der Waals surface area contributed by atoms with Crippen LogP contribution in [0.4, 0.5) is 0 Å². The summed E-state index contributed by atoms with van der Waals surface area (Å²) in [6, 6.07) is 0. The van der Waals surface area contributed by atoms with Gasteiger partial charge in [0.15, 0.2) is 0 Å². The zero-order valence-electron chi connectivity index (χ0n) is 9.74. The molecule has 0 saturated heterocycles. The lowest BCUT2D eigenvalue weighted by atomic mass is 10.5. The van der Waals surface area contributed by atoms with E-state index in [1.54, 1.807) is 0 Å². The Morgan fingerprint density at radius 3 is 1.80 bits per heavy atom. The first-order chi connectivity index (χ1) is 7.04. The molecule has 4 nitrogen and oxygen atoms in total. The van der Waals surface area contributed by atoms with E-state index in [9.17, 15) is 8.42 Å². The predicted molar refractivity (Wildman–Crippen MR) is 64.4 cm³/mol. The van der Waals surface area contributed by atoms with E-state index in [1.807, 2.05) is 20.8 Å². The Balaban J connectivity index is 4.64. The Kier molecular flexibility index (Phi) is 7.52. The lowest BCUT2D eigenvalue weighted by Crippen LogP contribution is -2.44. The first-order valence-electron chi connectivity index (χ1n) is 5.35. The van der Waals surface area contributed by atoms with Crippen LogP contribution in [0.1, 0.15) is 27.2 Å². The molecule has 0 aliphatic heterocycles. The van der Waals surface area contributed by atoms with Crippen molar-refractivity contribution in [3.8, 4) is 0 Å². The zero-order chi connectivity index (χ0) is 11.9. The average molecular weight is 257 g/mol. The fourth-order valence-electron chi connectivity index (χ4n) is 1.39. The standard InChI is InChI=1S/C9H21ClN2O2S/c1-4-11(5-2)15(13,14)12(6-3)9-7-8-10/h4-9H2,1-3H3. The third kappa shape index (κ3) is 4.26. The van der Waals surface area contributed by atoms with Gasteiger partial charge >= 0.3 is 0 Å². The van der Waals surface area contributed by atoms with E-state index < -0.39 is 10.2 Å². The summed E-state index contributed by atoms with van der Waals surface area (Å²) in [5.74, 6) is 0.490. The first-order valence-corrected chi connectivity index (χ1v) is 7.28. The Morgan fingerprint density at radius 1 is 1.00 bits per heavy atom. The molecule has 0 atom stereocenters. The van der Waals surface area contributed by atoms with Gasteiger partial charge in [0.25, 0.3) is 10.2 Å². The molecule has 0 saturated carbocycles. The molecule has 0 unspecified atom stereocenters. The maximum absolute atomic E-state index is 12.0. The minimum absolute atomic E-state index is 0.490. The molecular weight excluding hydrogens is 236 g/mol. The van der Waals surface area contributed by atoms with E-state index in [0.717, 1.165) is 0 Å². The molecular formula is C9H21ClN2O2S. The average Bonchev–Trinajstić information content (AvgIpc) is 2.20. The van der Waals surface area contributed by atoms with Crippen LogP contribution in [0.2, 0.25) is 0 Å². The molecule has 0 rings (SSSR count). The third-order valence-electron chi connectivity index (χ3n) is 2.25. The van der Waals surface area contributed by atoms with E-state index >= 15 is 0 Å². The van der Waals surface area contributed by atoms with Crippen molar-refractivity contribution in [1.82, 2.24) is 8.61 Å². The number of hydrogen-bond acceptors (Lipinski definition) is 2. The monoisotopic (exact) mass is 256 g/mol. The van der Waals surface area contributed by atoms with Gasteiger partial charge in [0.1, 0.15) is 0 Å². The van der Waals surface area contributed by atoms with E-state index in [1.165, 1.54) is 8.61 Å². The molecule has 0 spiro atoms. The Morgan fingerprint density at radius 2 is 1.47 bits per heavy atom. The van der Waals surface area contributed by atoms with Crippen molar-refractivity contribution in [2.75, 3.05) is 32.1 Å². The predicted octanol–water partition coefficient (Wildman–Crippen LogP) is 1.52. The second-order valence-corrected chi connectivity index (χ2v) is 5.43. The van der Waals surface area contributed by atoms with E-state index in [0.29, 0.717) is 38.5 Å². The van der Waals surface area contributed by atoms with Crippen LogP contribution in [-0.4, -0.2) is 49.1 Å². The number of hydrogen-bond donors (Lipinski definition) is 0. The van der Waals surface area contributed by atoms with Crippen LogP contribution >= 0.6 is 11.6 Å². The maximum atomic E-state index is 12.0. The topological polar surface area (TPSA) is 40.6 Å². The molecule has 0 N–H and O–H groups in total. The molecule has 0 aromatic heterocycles. The summed E-state index contributed by atoms with van der Waals surface area (Å²) >= 11 is 5.56. The molecule has 92 valence electrons. The fourth-order valence-corrected chi connectivity index (χ4v) is 3.17. The Labute approximate surface area is 98.4 Å². The van der Waals surface area contributed by atoms with Gasteiger partial charge in [-0.05, 0) is 6.42 Å². The zero-order valence-corrected chi connectivity index (χ0v) is 11.3. The summed E-state index contributed by atoms with van der Waals surface area (Å²) < 4.78 is 27.0. The number of nitrogens with zero attached hydrogens (tertiary/aromatic N) is 2. The van der Waals surface area contributed by atoms with Gasteiger partial charge in [-0.2, -0.15) is 17.0 Å². The smallest absolute Gasteiger partial charge is 0.195 e. The fraction of sp³-hybridized carbons (Fsp3) is 1.00. The van der Waals surface area contributed by atoms with Crippen LogP contribution in [0.15, 0.2) is 0 Å². The highest BCUT2D eigenvalue weighted by atomic mass is 35.5. The minimum Gasteiger partial charge on any atom is -0.195 e. The molecule has 0 aliphatic carbocycles. The van der Waals surface area contributed by atoms with Gasteiger partial charge in [-0.25, -0.2) is 0 Å². The van der Waals surface area contributed by atoms with Crippen LogP contribution in [0, 0.1) is 0 Å². The molecule has 0 amide bonds. The van der Waals surface area contributed by atoms with Gasteiger partial charge in [0, 0.05) is 32.1 Å². The van der Waals surface area contributed by atoms with Gasteiger partial charge in [-0.3, -0.25) is 0 Å². The molecule has 0 aliphatic rings. The Bertz CT molecular complexity index is 253. The number of alkyl halides is 1. The van der Waals surface area contributed by atoms with Crippen molar-refractivity contribution in [1.29, 1.82) is 0 Å². The van der Waals surface area contributed by atoms with Crippen molar-refractivity contribution < 1.29 is 8.42 Å². The van der Waals surface area contributed by atoms with Crippen LogP contribution < -0.4 is 0 Å². The first kappa shape index (κ1) is 15.2. The third-order valence-corrected chi connectivity index (χ3v) is 4.78. The van der Waals surface area contributed by atoms with Crippen LogP contribution in [0.5, 0.6) is 0 Å². The number of halogens is 1. The molecule has 0 fully saturated rings. The summed E-state index contributed by atoms with van der Waals surface area (Å²) in [6.07, 6.45) is 0.690. The SMILES string of the molecule is CCN(CC)S(=O)(=O)N(CC)CCCCl. The van der Waals surface area contributed by atoms with Crippen LogP contribution in [-0.2, 0) is 10.2 Å². The van der Waals surface area contributed by atoms with Gasteiger partial charge in [0.2, 0.25) is 0 Å². The van der Waals surface area contributed by atoms with E-state index in [4.69, 9.17) is 11.6 Å². The van der Waals surface area contributed by atoms with Crippen molar-refractivity contribution >= 4 is 21.8 Å². The van der Waals surface area contributed by atoms with E-state index in [2.05, 4.69) is 0 Å². The highest BCUT2D eigenvalue weighted by molar-refractivity contribution is 7.86. The molecule has 0 aromatic rings. The summed E-state index contributed by atoms with van der Waals surface area (Å²) in [4.78, 5) is 0. The molecule has 15 heavy (non-hydrogen) atoms. The normalized spacial score (nSPS) is 12.7. The summed E-state index contributed by atoms with van der Waals surface area (Å²) in [7, 11) is -3.28. The van der Waals surface area contributed by atoms with Crippen LogP contribution in [0.3, 0.4) is 0 Å². The molecule has 0 radical (unpaired) electrons. The quantitative estimate of drug-likeness (QED) is 0.618. The van der Waals surface area contributed by atoms with Crippen LogP contribution in [0.25, 0.3) is 0 Å². The maximum Gasteiger partial charge on any atom is 0.281 e. The van der Waals surface area contributed by atoms with Crippen molar-refractivity contribution in [3.05, 3.63) is 0 Å². The lowest BCUT2D eigenvalue weighted by molar-refractivity contribution is 0.356. The van der Waals surface area contributed by atoms with Gasteiger partial charge in [-0.1, -0.05) is 20.8 Å². The lowest BCUT2D eigenvalue weighted by Gasteiger charge is -2.27. The molecule has 0 aromatic carbocycles. The second kappa shape index (κ2) is 7.44. The molecule has 6 heteroatoms. The summed E-state index contributed by atoms with van der Waals surface area (Å²) in [5.41, 5.74) is 0. The summed E-state index contributed by atoms with van der Waals surface area (Å²) in [5, 5.41) is 0. The minimum atomic E-state index is -3.28. The second-order valence-electron chi connectivity index (χ2n) is 3.13. The largest absolute Gasteiger partial charge is 0.281 e. The van der Waals surface area contributed by atoms with Crippen molar-refractivity contribution in [3.63, 3.8) is 0 Å². The van der Waals surface area contributed by atoms with Crippen molar-refractivity contribution in [2.24, 2.45) is 0 Å². The molecule has 0 bridgehead atoms. The highest BCUT2D eigenvalue weighted by Crippen LogP contribution is 2.08. The molecule has 0 heterocycles. The Hall–Kier alpha value is 0.160. The van der Waals surface area contributed by atoms with Crippen molar-refractivity contribution in [2.45, 2.75) is 27.2 Å². The van der Waals surface area contributed by atoms with Gasteiger partial charge in [-0.15, -0.1) is 11.6 Å². The van der Waals surface area contributed by atoms with Gasteiger partial charge in [0.05, 0.1) is 0 Å². The van der Waals surface area contributed by atoms with E-state index in [-0.39, 0.29) is 0 Å². The van der Waals surface area contributed by atoms with Gasteiger partial charge < -0.3 is 0 Å². The summed E-state index contributed by atoms with van der Waals surface area (Å²) in [6.45, 7) is 7.54. The number of rotatable bonds is 8.